The molecule has 0 radical (unpaired) electrons. The highest BCUT2D eigenvalue weighted by atomic mass is 35.5. The fraction of sp³-hybridized carbons (Fsp3) is 0.889. The topological polar surface area (TPSA) is 37.3 Å². The van der Waals surface area contributed by atoms with Gasteiger partial charge in [0.1, 0.15) is 0 Å². The lowest BCUT2D eigenvalue weighted by Gasteiger charge is -2.32. The molecule has 1 aliphatic rings. The number of carboxylic acid groups (broad SMARTS) is 1. The third-order valence-corrected chi connectivity index (χ3v) is 2.55. The Labute approximate surface area is 79.8 Å². The minimum atomic E-state index is -0.613. The van der Waals surface area contributed by atoms with E-state index >= 15 is 0 Å². The molecule has 0 spiro atoms. The standard InChI is InChI=1S/C9H16O2.ClH/c1-9(2)5-3-4-7(6-9)8(10)11;/h7H,3-6H2,1-2H3,(H,10,11);1H. The maximum atomic E-state index is 10.6. The second-order valence-corrected chi connectivity index (χ2v) is 4.30. The van der Waals surface area contributed by atoms with Crippen molar-refractivity contribution in [2.75, 3.05) is 0 Å². The number of carbonyl (C=O) groups is 1. The Morgan fingerprint density at radius 3 is 2.42 bits per heavy atom. The smallest absolute Gasteiger partial charge is 0.306 e. The molecule has 0 aromatic heterocycles. The van der Waals surface area contributed by atoms with E-state index in [2.05, 4.69) is 13.8 Å². The maximum absolute atomic E-state index is 10.6. The average Bonchev–Trinajstić information content (AvgIpc) is 1.85. The van der Waals surface area contributed by atoms with Crippen LogP contribution in [0.4, 0.5) is 0 Å². The molecule has 1 fully saturated rings. The first kappa shape index (κ1) is 11.8. The van der Waals surface area contributed by atoms with E-state index in [-0.39, 0.29) is 23.7 Å². The van der Waals surface area contributed by atoms with Crippen molar-refractivity contribution in [1.82, 2.24) is 0 Å². The second kappa shape index (κ2) is 4.13. The predicted octanol–water partition coefficient (Wildman–Crippen LogP) is 2.71. The number of carboxylic acids is 1. The number of aliphatic carboxylic acids is 1. The molecule has 1 aliphatic carbocycles. The lowest BCUT2D eigenvalue weighted by atomic mass is 9.72. The zero-order chi connectivity index (χ0) is 8.48. The van der Waals surface area contributed by atoms with Gasteiger partial charge < -0.3 is 5.11 Å². The summed E-state index contributed by atoms with van der Waals surface area (Å²) in [5.41, 5.74) is 0.251. The molecule has 1 atom stereocenters. The Kier molecular flexibility index (Phi) is 4.04. The fourth-order valence-electron chi connectivity index (χ4n) is 1.91. The molecule has 0 bridgehead atoms. The van der Waals surface area contributed by atoms with Crippen molar-refractivity contribution < 1.29 is 9.90 Å². The number of hydrogen-bond donors (Lipinski definition) is 1. The van der Waals surface area contributed by atoms with Crippen LogP contribution in [0.25, 0.3) is 0 Å². The molecular formula is C9H17ClO2. The van der Waals surface area contributed by atoms with Gasteiger partial charge in [-0.3, -0.25) is 4.79 Å². The van der Waals surface area contributed by atoms with Gasteiger partial charge >= 0.3 is 5.97 Å². The van der Waals surface area contributed by atoms with E-state index in [1.807, 2.05) is 0 Å². The SMILES string of the molecule is CC1(C)CCCC(C(=O)O)C1.Cl. The largest absolute Gasteiger partial charge is 0.481 e. The molecule has 1 rings (SSSR count). The quantitative estimate of drug-likeness (QED) is 0.694. The number of hydrogen-bond acceptors (Lipinski definition) is 1. The molecular weight excluding hydrogens is 176 g/mol. The van der Waals surface area contributed by atoms with E-state index < -0.39 is 5.97 Å². The van der Waals surface area contributed by atoms with Crippen molar-refractivity contribution in [3.8, 4) is 0 Å². The molecule has 0 aromatic rings. The molecule has 1 unspecified atom stereocenters. The highest BCUT2D eigenvalue weighted by Gasteiger charge is 2.31. The molecule has 0 saturated heterocycles. The summed E-state index contributed by atoms with van der Waals surface area (Å²) in [5.74, 6) is -0.698. The van der Waals surface area contributed by atoms with Crippen LogP contribution in [-0.4, -0.2) is 11.1 Å². The van der Waals surface area contributed by atoms with Gasteiger partial charge in [-0.25, -0.2) is 0 Å². The van der Waals surface area contributed by atoms with Crippen molar-refractivity contribution in [2.45, 2.75) is 39.5 Å². The van der Waals surface area contributed by atoms with Gasteiger partial charge in [0, 0.05) is 0 Å². The minimum absolute atomic E-state index is 0. The summed E-state index contributed by atoms with van der Waals surface area (Å²) in [5, 5.41) is 8.77. The Balaban J connectivity index is 0.00000121. The van der Waals surface area contributed by atoms with Crippen LogP contribution in [-0.2, 0) is 4.79 Å². The van der Waals surface area contributed by atoms with Crippen molar-refractivity contribution in [3.63, 3.8) is 0 Å². The lowest BCUT2D eigenvalue weighted by molar-refractivity contribution is -0.144. The van der Waals surface area contributed by atoms with Crippen molar-refractivity contribution in [3.05, 3.63) is 0 Å². The van der Waals surface area contributed by atoms with E-state index in [4.69, 9.17) is 5.11 Å². The first-order valence-corrected chi connectivity index (χ1v) is 4.24. The molecule has 0 heterocycles. The van der Waals surface area contributed by atoms with E-state index in [9.17, 15) is 4.79 Å². The highest BCUT2D eigenvalue weighted by molar-refractivity contribution is 5.85. The first-order valence-electron chi connectivity index (χ1n) is 4.24. The minimum Gasteiger partial charge on any atom is -0.481 e. The molecule has 72 valence electrons. The molecule has 0 aromatic carbocycles. The Hall–Kier alpha value is -0.240. The van der Waals surface area contributed by atoms with Crippen molar-refractivity contribution >= 4 is 18.4 Å². The van der Waals surface area contributed by atoms with Crippen molar-refractivity contribution in [1.29, 1.82) is 0 Å². The molecule has 1 N–H and O–H groups in total. The van der Waals surface area contributed by atoms with Gasteiger partial charge in [-0.1, -0.05) is 20.3 Å². The maximum Gasteiger partial charge on any atom is 0.306 e. The summed E-state index contributed by atoms with van der Waals surface area (Å²) >= 11 is 0. The van der Waals surface area contributed by atoms with Gasteiger partial charge in [0.2, 0.25) is 0 Å². The van der Waals surface area contributed by atoms with Crippen LogP contribution in [0.3, 0.4) is 0 Å². The molecule has 12 heavy (non-hydrogen) atoms. The Morgan fingerprint density at radius 1 is 1.50 bits per heavy atom. The van der Waals surface area contributed by atoms with Gasteiger partial charge in [-0.05, 0) is 24.7 Å². The molecule has 2 nitrogen and oxygen atoms in total. The Morgan fingerprint density at radius 2 is 2.08 bits per heavy atom. The van der Waals surface area contributed by atoms with Crippen LogP contribution in [0.1, 0.15) is 39.5 Å². The summed E-state index contributed by atoms with van der Waals surface area (Å²) < 4.78 is 0. The molecule has 0 aliphatic heterocycles. The monoisotopic (exact) mass is 192 g/mol. The summed E-state index contributed by atoms with van der Waals surface area (Å²) in [7, 11) is 0. The third kappa shape index (κ3) is 3.02. The van der Waals surface area contributed by atoms with Crippen LogP contribution >= 0.6 is 12.4 Å². The Bertz CT molecular complexity index is 166. The average molecular weight is 193 g/mol. The summed E-state index contributed by atoms with van der Waals surface area (Å²) in [4.78, 5) is 10.6. The van der Waals surface area contributed by atoms with Crippen LogP contribution in [0.2, 0.25) is 0 Å². The number of rotatable bonds is 1. The van der Waals surface area contributed by atoms with Gasteiger partial charge in [-0.2, -0.15) is 0 Å². The molecule has 1 saturated carbocycles. The van der Waals surface area contributed by atoms with Crippen LogP contribution in [0, 0.1) is 11.3 Å². The van der Waals surface area contributed by atoms with E-state index in [1.165, 1.54) is 6.42 Å². The van der Waals surface area contributed by atoms with Gasteiger partial charge in [0.05, 0.1) is 5.92 Å². The lowest BCUT2D eigenvalue weighted by Crippen LogP contribution is -2.27. The zero-order valence-corrected chi connectivity index (χ0v) is 8.49. The highest BCUT2D eigenvalue weighted by Crippen LogP contribution is 2.38. The van der Waals surface area contributed by atoms with Crippen LogP contribution < -0.4 is 0 Å². The van der Waals surface area contributed by atoms with Gasteiger partial charge in [0.25, 0.3) is 0 Å². The summed E-state index contributed by atoms with van der Waals surface area (Å²) in [6.07, 6.45) is 3.97. The van der Waals surface area contributed by atoms with E-state index in [1.54, 1.807) is 0 Å². The van der Waals surface area contributed by atoms with E-state index in [0.717, 1.165) is 19.3 Å². The fourth-order valence-corrected chi connectivity index (χ4v) is 1.91. The third-order valence-electron chi connectivity index (χ3n) is 2.55. The molecule has 0 amide bonds. The summed E-state index contributed by atoms with van der Waals surface area (Å²) in [6, 6.07) is 0. The second-order valence-electron chi connectivity index (χ2n) is 4.30. The number of halogens is 1. The van der Waals surface area contributed by atoms with Gasteiger partial charge in [-0.15, -0.1) is 12.4 Å². The first-order chi connectivity index (χ1) is 5.01. The normalized spacial score (nSPS) is 27.3. The van der Waals surface area contributed by atoms with Crippen LogP contribution in [0.5, 0.6) is 0 Å². The predicted molar refractivity (Wildman–Crippen MR) is 50.6 cm³/mol. The van der Waals surface area contributed by atoms with Crippen molar-refractivity contribution in [2.24, 2.45) is 11.3 Å². The van der Waals surface area contributed by atoms with E-state index in [0.29, 0.717) is 0 Å². The summed E-state index contributed by atoms with van der Waals surface area (Å²) in [6.45, 7) is 4.31. The van der Waals surface area contributed by atoms with Crippen LogP contribution in [0.15, 0.2) is 0 Å². The zero-order valence-electron chi connectivity index (χ0n) is 7.67. The molecule has 3 heteroatoms. The van der Waals surface area contributed by atoms with Gasteiger partial charge in [0.15, 0.2) is 0 Å².